The van der Waals surface area contributed by atoms with Gasteiger partial charge in [-0.25, -0.2) is 9.59 Å². The van der Waals surface area contributed by atoms with Crippen LogP contribution in [0, 0.1) is 17.8 Å². The van der Waals surface area contributed by atoms with Crippen LogP contribution in [-0.4, -0.2) is 67.1 Å². The molecule has 8 nitrogen and oxygen atoms in total. The van der Waals surface area contributed by atoms with Gasteiger partial charge in [-0.3, -0.25) is 0 Å². The summed E-state index contributed by atoms with van der Waals surface area (Å²) in [5.74, 6) is 0.345. The fourth-order valence-corrected chi connectivity index (χ4v) is 6.92. The van der Waals surface area contributed by atoms with Crippen LogP contribution in [0.4, 0.5) is 9.59 Å². The van der Waals surface area contributed by atoms with Crippen molar-refractivity contribution in [3.8, 4) is 0 Å². The van der Waals surface area contributed by atoms with Crippen molar-refractivity contribution in [2.24, 2.45) is 17.8 Å². The SMILES string of the molecule is CNC[C@@H](CC1CCCCC1)[C@@H]1C([C@@](O)(CCCNC(=O)OC)c2cccc(Cl)c2)CCCN1C(=O)O. The summed E-state index contributed by atoms with van der Waals surface area (Å²) in [7, 11) is 3.23. The zero-order chi connectivity index (χ0) is 26.8. The predicted octanol–water partition coefficient (Wildman–Crippen LogP) is 5.23. The molecule has 0 aromatic heterocycles. The normalized spacial score (nSPS) is 23.2. The number of halogens is 1. The van der Waals surface area contributed by atoms with Gasteiger partial charge in [-0.1, -0.05) is 55.8 Å². The van der Waals surface area contributed by atoms with Gasteiger partial charge in [-0.2, -0.15) is 0 Å². The molecule has 37 heavy (non-hydrogen) atoms. The lowest BCUT2D eigenvalue weighted by Crippen LogP contribution is -2.59. The zero-order valence-corrected chi connectivity index (χ0v) is 23.0. The molecular formula is C28H44ClN3O5. The molecule has 9 heteroatoms. The van der Waals surface area contributed by atoms with E-state index in [1.807, 2.05) is 19.2 Å². The van der Waals surface area contributed by atoms with Gasteiger partial charge in [0.1, 0.15) is 0 Å². The van der Waals surface area contributed by atoms with E-state index in [9.17, 15) is 19.8 Å². The lowest BCUT2D eigenvalue weighted by molar-refractivity contribution is -0.0968. The molecule has 0 radical (unpaired) electrons. The Hall–Kier alpha value is -2.03. The summed E-state index contributed by atoms with van der Waals surface area (Å²) < 4.78 is 4.68. The average molecular weight is 538 g/mol. The second-order valence-electron chi connectivity index (χ2n) is 10.7. The van der Waals surface area contributed by atoms with E-state index in [-0.39, 0.29) is 17.9 Å². The fraction of sp³-hybridized carbons (Fsp3) is 0.714. The molecule has 3 rings (SSSR count). The van der Waals surface area contributed by atoms with E-state index in [1.54, 1.807) is 17.0 Å². The fourth-order valence-electron chi connectivity index (χ4n) is 6.72. The van der Waals surface area contributed by atoms with Crippen molar-refractivity contribution in [2.45, 2.75) is 75.9 Å². The van der Waals surface area contributed by atoms with Gasteiger partial charge in [0.25, 0.3) is 0 Å². The highest BCUT2D eigenvalue weighted by atomic mass is 35.5. The van der Waals surface area contributed by atoms with Gasteiger partial charge in [0, 0.05) is 30.1 Å². The highest BCUT2D eigenvalue weighted by molar-refractivity contribution is 6.30. The Morgan fingerprint density at radius 2 is 1.97 bits per heavy atom. The van der Waals surface area contributed by atoms with Crippen LogP contribution in [0.3, 0.4) is 0 Å². The summed E-state index contributed by atoms with van der Waals surface area (Å²) in [4.78, 5) is 25.7. The van der Waals surface area contributed by atoms with Gasteiger partial charge in [-0.05, 0) is 75.2 Å². The first-order valence-electron chi connectivity index (χ1n) is 13.7. The van der Waals surface area contributed by atoms with E-state index in [2.05, 4.69) is 15.4 Å². The van der Waals surface area contributed by atoms with Crippen LogP contribution in [0.2, 0.25) is 5.02 Å². The molecule has 208 valence electrons. The lowest BCUT2D eigenvalue weighted by atomic mass is 9.65. The van der Waals surface area contributed by atoms with Gasteiger partial charge >= 0.3 is 12.2 Å². The molecule has 2 aliphatic rings. The van der Waals surface area contributed by atoms with E-state index in [0.717, 1.165) is 6.42 Å². The van der Waals surface area contributed by atoms with Gasteiger partial charge in [0.2, 0.25) is 0 Å². The quantitative estimate of drug-likeness (QED) is 0.288. The summed E-state index contributed by atoms with van der Waals surface area (Å²) in [6.07, 6.45) is 7.87. The second kappa shape index (κ2) is 14.2. The van der Waals surface area contributed by atoms with Crippen molar-refractivity contribution >= 4 is 23.8 Å². The number of likely N-dealkylation sites (tertiary alicyclic amines) is 1. The smallest absolute Gasteiger partial charge is 0.407 e. The number of ether oxygens (including phenoxy) is 1. The average Bonchev–Trinajstić information content (AvgIpc) is 2.90. The van der Waals surface area contributed by atoms with Gasteiger partial charge in [0.15, 0.2) is 0 Å². The molecule has 1 aliphatic carbocycles. The van der Waals surface area contributed by atoms with Crippen LogP contribution in [0.15, 0.2) is 24.3 Å². The van der Waals surface area contributed by atoms with Crippen molar-refractivity contribution in [3.63, 3.8) is 0 Å². The molecule has 4 atom stereocenters. The maximum absolute atomic E-state index is 12.5. The number of nitrogens with one attached hydrogen (secondary N) is 2. The Balaban J connectivity index is 1.98. The third-order valence-corrected chi connectivity index (χ3v) is 8.60. The van der Waals surface area contributed by atoms with E-state index in [1.165, 1.54) is 39.2 Å². The largest absolute Gasteiger partial charge is 0.465 e. The van der Waals surface area contributed by atoms with Crippen LogP contribution in [0.5, 0.6) is 0 Å². The highest BCUT2D eigenvalue weighted by Gasteiger charge is 2.50. The molecule has 1 aromatic rings. The summed E-state index contributed by atoms with van der Waals surface area (Å²) in [6, 6.07) is 6.94. The van der Waals surface area contributed by atoms with Crippen LogP contribution in [0.1, 0.15) is 69.8 Å². The third-order valence-electron chi connectivity index (χ3n) is 8.37. The number of piperidine rings is 1. The van der Waals surface area contributed by atoms with Gasteiger partial charge in [0.05, 0.1) is 12.7 Å². The molecule has 0 spiro atoms. The minimum absolute atomic E-state index is 0.0772. The van der Waals surface area contributed by atoms with Crippen molar-refractivity contribution in [1.82, 2.24) is 15.5 Å². The summed E-state index contributed by atoms with van der Waals surface area (Å²) in [6.45, 7) is 1.51. The molecule has 2 fully saturated rings. The van der Waals surface area contributed by atoms with Crippen LogP contribution in [0.25, 0.3) is 0 Å². The molecule has 1 saturated carbocycles. The number of amides is 2. The maximum atomic E-state index is 12.5. The number of methoxy groups -OCH3 is 1. The molecule has 4 N–H and O–H groups in total. The Morgan fingerprint density at radius 1 is 1.22 bits per heavy atom. The molecule has 2 amide bonds. The highest BCUT2D eigenvalue weighted by Crippen LogP contribution is 2.46. The first-order valence-corrected chi connectivity index (χ1v) is 14.1. The van der Waals surface area contributed by atoms with E-state index in [0.29, 0.717) is 61.8 Å². The number of hydrogen-bond donors (Lipinski definition) is 4. The summed E-state index contributed by atoms with van der Waals surface area (Å²) >= 11 is 6.37. The van der Waals surface area contributed by atoms with Crippen molar-refractivity contribution in [2.75, 3.05) is 33.8 Å². The number of alkyl carbamates (subject to hydrolysis) is 1. The van der Waals surface area contributed by atoms with Crippen molar-refractivity contribution in [3.05, 3.63) is 34.9 Å². The minimum atomic E-state index is -1.31. The van der Waals surface area contributed by atoms with Crippen molar-refractivity contribution < 1.29 is 24.5 Å². The first kappa shape index (κ1) is 29.5. The molecule has 1 heterocycles. The predicted molar refractivity (Wildman–Crippen MR) is 145 cm³/mol. The number of benzene rings is 1. The molecule has 1 saturated heterocycles. The number of aliphatic hydroxyl groups is 1. The number of carbonyl (C=O) groups excluding carboxylic acids is 1. The van der Waals surface area contributed by atoms with Crippen LogP contribution >= 0.6 is 11.6 Å². The first-order chi connectivity index (χ1) is 17.8. The number of rotatable bonds is 11. The number of hydrogen-bond acceptors (Lipinski definition) is 5. The number of nitrogens with zero attached hydrogens (tertiary/aromatic N) is 1. The number of carboxylic acid groups (broad SMARTS) is 1. The summed E-state index contributed by atoms with van der Waals surface area (Å²) in [5.41, 5.74) is -0.610. The maximum Gasteiger partial charge on any atom is 0.407 e. The molecular weight excluding hydrogens is 494 g/mol. The number of carbonyl (C=O) groups is 2. The van der Waals surface area contributed by atoms with Crippen LogP contribution < -0.4 is 10.6 Å². The van der Waals surface area contributed by atoms with Crippen LogP contribution in [-0.2, 0) is 10.3 Å². The van der Waals surface area contributed by atoms with Gasteiger partial charge in [-0.15, -0.1) is 0 Å². The van der Waals surface area contributed by atoms with E-state index >= 15 is 0 Å². The minimum Gasteiger partial charge on any atom is -0.465 e. The monoisotopic (exact) mass is 537 g/mol. The Labute approximate surface area is 226 Å². The van der Waals surface area contributed by atoms with Crippen molar-refractivity contribution in [1.29, 1.82) is 0 Å². The topological polar surface area (TPSA) is 111 Å². The Morgan fingerprint density at radius 3 is 2.62 bits per heavy atom. The Bertz CT molecular complexity index is 881. The van der Waals surface area contributed by atoms with E-state index in [4.69, 9.17) is 11.6 Å². The van der Waals surface area contributed by atoms with Gasteiger partial charge < -0.3 is 30.5 Å². The standard InChI is InChI=1S/C28H44ClN3O5/c1-30-19-21(17-20-9-4-3-5-10-20)25-24(13-7-16-32(25)27(34)35)28(36,14-8-15-31-26(33)37-2)22-11-6-12-23(29)18-22/h6,11-12,18,20-21,24-25,30,36H,3-5,7-10,13-17,19H2,1-2H3,(H,31,33)(H,34,35)/t21-,24?,25-,28-/m1/s1. The van der Waals surface area contributed by atoms with E-state index < -0.39 is 17.8 Å². The second-order valence-corrected chi connectivity index (χ2v) is 11.2. The molecule has 1 aromatic carbocycles. The molecule has 1 unspecified atom stereocenters. The third kappa shape index (κ3) is 7.74. The summed E-state index contributed by atoms with van der Waals surface area (Å²) in [5, 5.41) is 29.3. The lowest BCUT2D eigenvalue weighted by Gasteiger charge is -2.51. The molecule has 0 bridgehead atoms. The Kier molecular flexibility index (Phi) is 11.3. The zero-order valence-electron chi connectivity index (χ0n) is 22.3. The molecule has 1 aliphatic heterocycles.